The number of carbonyl (C=O) groups excluding carboxylic acids is 2. The van der Waals surface area contributed by atoms with Crippen molar-refractivity contribution >= 4 is 35.7 Å². The van der Waals surface area contributed by atoms with Crippen LogP contribution < -0.4 is 0 Å². The largest absolute Gasteiger partial charge is 0.508 e. The van der Waals surface area contributed by atoms with Gasteiger partial charge in [0.05, 0.1) is 0 Å². The van der Waals surface area contributed by atoms with Crippen molar-refractivity contribution in [1.29, 1.82) is 0 Å². The summed E-state index contributed by atoms with van der Waals surface area (Å²) in [6.07, 6.45) is 2.97. The number of aromatic hydroxyl groups is 2. The maximum atomic E-state index is 12.5. The summed E-state index contributed by atoms with van der Waals surface area (Å²) in [6, 6.07) is 10.3. The van der Waals surface area contributed by atoms with E-state index in [4.69, 9.17) is 0 Å². The molecule has 2 atom stereocenters. The molecule has 0 heterocycles. The zero-order valence-electron chi connectivity index (χ0n) is 16.2. The molecule has 0 bridgehead atoms. The number of hydrogen-bond acceptors (Lipinski definition) is 8. The summed E-state index contributed by atoms with van der Waals surface area (Å²) in [7, 11) is 0. The Bertz CT molecular complexity index is 1010. The standard InChI is InChI=1S/C22H18O10/c23-15-7-1-13(2-8-15)5-11-17(25)21(31,19(27)28)22(32,20(29)30)18(26)12-6-14-3-9-16(24)10-4-14/h1-12,23-24,31-32H,(H,27,28)(H,29,30)/b11-5+,12-6+. The van der Waals surface area contributed by atoms with E-state index in [0.717, 1.165) is 12.2 Å². The van der Waals surface area contributed by atoms with E-state index in [1.165, 1.54) is 48.5 Å². The number of carboxylic acid groups (broad SMARTS) is 2. The molecule has 6 N–H and O–H groups in total. The quantitative estimate of drug-likeness (QED) is 0.237. The molecular formula is C22H18O10. The van der Waals surface area contributed by atoms with Gasteiger partial charge in [0.25, 0.3) is 11.2 Å². The minimum absolute atomic E-state index is 0.0956. The lowest BCUT2D eigenvalue weighted by molar-refractivity contribution is -0.204. The van der Waals surface area contributed by atoms with Gasteiger partial charge in [0.15, 0.2) is 0 Å². The predicted molar refractivity (Wildman–Crippen MR) is 109 cm³/mol. The molecule has 0 fully saturated rings. The number of ketones is 2. The highest BCUT2D eigenvalue weighted by Crippen LogP contribution is 2.28. The highest BCUT2D eigenvalue weighted by molar-refractivity contribution is 6.26. The Morgan fingerprint density at radius 1 is 0.594 bits per heavy atom. The van der Waals surface area contributed by atoms with Gasteiger partial charge >= 0.3 is 11.9 Å². The Hall–Kier alpha value is -4.28. The van der Waals surface area contributed by atoms with Crippen LogP contribution in [0.5, 0.6) is 11.5 Å². The Balaban J connectivity index is 2.46. The lowest BCUT2D eigenvalue weighted by Gasteiger charge is -2.33. The number of rotatable bonds is 9. The van der Waals surface area contributed by atoms with Crippen LogP contribution in [0, 0.1) is 0 Å². The van der Waals surface area contributed by atoms with E-state index in [2.05, 4.69) is 0 Å². The van der Waals surface area contributed by atoms with E-state index in [1.54, 1.807) is 0 Å². The second kappa shape index (κ2) is 9.25. The van der Waals surface area contributed by atoms with Crippen LogP contribution in [-0.4, -0.2) is 65.3 Å². The molecule has 0 aliphatic heterocycles. The fourth-order valence-electron chi connectivity index (χ4n) is 2.63. The molecule has 10 heteroatoms. The first-order valence-corrected chi connectivity index (χ1v) is 8.87. The number of phenolic OH excluding ortho intramolecular Hbond substituents is 2. The van der Waals surface area contributed by atoms with Gasteiger partial charge in [-0.15, -0.1) is 0 Å². The summed E-state index contributed by atoms with van der Waals surface area (Å²) in [4.78, 5) is 48.5. The van der Waals surface area contributed by atoms with Crippen molar-refractivity contribution in [3.63, 3.8) is 0 Å². The van der Waals surface area contributed by atoms with E-state index in [1.807, 2.05) is 0 Å². The van der Waals surface area contributed by atoms with Crippen molar-refractivity contribution in [3.8, 4) is 11.5 Å². The Labute approximate surface area is 180 Å². The minimum atomic E-state index is -4.07. The van der Waals surface area contributed by atoms with E-state index in [-0.39, 0.29) is 22.6 Å². The third-order valence-corrected chi connectivity index (χ3v) is 4.50. The summed E-state index contributed by atoms with van der Waals surface area (Å²) in [5.74, 6) is -8.68. The molecular weight excluding hydrogens is 424 g/mol. The first-order chi connectivity index (χ1) is 14.9. The molecule has 2 aromatic carbocycles. The summed E-state index contributed by atoms with van der Waals surface area (Å²) in [5.41, 5.74) is -7.60. The number of aliphatic carboxylic acids is 2. The van der Waals surface area contributed by atoms with Crippen LogP contribution in [0.25, 0.3) is 12.2 Å². The van der Waals surface area contributed by atoms with Gasteiger partial charge in [-0.25, -0.2) is 9.59 Å². The number of carbonyl (C=O) groups is 4. The number of benzene rings is 2. The molecule has 2 aromatic rings. The molecule has 2 unspecified atom stereocenters. The molecule has 166 valence electrons. The zero-order valence-corrected chi connectivity index (χ0v) is 16.2. The second-order valence-corrected chi connectivity index (χ2v) is 6.61. The van der Waals surface area contributed by atoms with Crippen molar-refractivity contribution in [2.24, 2.45) is 0 Å². The van der Waals surface area contributed by atoms with Crippen LogP contribution in [0.2, 0.25) is 0 Å². The SMILES string of the molecule is O=C(O)C(O)(C(=O)/C=C/c1ccc(O)cc1)C(O)(C(=O)O)C(=O)/C=C/c1ccc(O)cc1. The van der Waals surface area contributed by atoms with Crippen molar-refractivity contribution in [1.82, 2.24) is 0 Å². The Kier molecular flexibility index (Phi) is 6.93. The second-order valence-electron chi connectivity index (χ2n) is 6.61. The van der Waals surface area contributed by atoms with Crippen LogP contribution >= 0.6 is 0 Å². The van der Waals surface area contributed by atoms with Crippen LogP contribution in [0.15, 0.2) is 60.7 Å². The van der Waals surface area contributed by atoms with Crippen LogP contribution in [0.4, 0.5) is 0 Å². The van der Waals surface area contributed by atoms with Gasteiger partial charge in [0.2, 0.25) is 11.6 Å². The molecule has 0 spiro atoms. The highest BCUT2D eigenvalue weighted by Gasteiger charge is 2.68. The molecule has 2 rings (SSSR count). The molecule has 0 radical (unpaired) electrons. The monoisotopic (exact) mass is 442 g/mol. The van der Waals surface area contributed by atoms with Gasteiger partial charge in [-0.3, -0.25) is 9.59 Å². The number of hydrogen-bond donors (Lipinski definition) is 6. The summed E-state index contributed by atoms with van der Waals surface area (Å²) < 4.78 is 0. The van der Waals surface area contributed by atoms with Gasteiger partial charge < -0.3 is 30.6 Å². The molecule has 0 saturated carbocycles. The molecule has 0 aromatic heterocycles. The topological polar surface area (TPSA) is 190 Å². The Morgan fingerprint density at radius 3 is 1.12 bits per heavy atom. The average molecular weight is 442 g/mol. The van der Waals surface area contributed by atoms with E-state index in [0.29, 0.717) is 12.2 Å². The molecule has 32 heavy (non-hydrogen) atoms. The minimum Gasteiger partial charge on any atom is -0.508 e. The fraction of sp³-hybridized carbons (Fsp3) is 0.0909. The van der Waals surface area contributed by atoms with E-state index >= 15 is 0 Å². The first-order valence-electron chi connectivity index (χ1n) is 8.87. The van der Waals surface area contributed by atoms with Gasteiger partial charge in [-0.05, 0) is 47.5 Å². The third kappa shape index (κ3) is 4.56. The van der Waals surface area contributed by atoms with Crippen LogP contribution in [0.1, 0.15) is 11.1 Å². The maximum absolute atomic E-state index is 12.5. The van der Waals surface area contributed by atoms with E-state index < -0.39 is 34.7 Å². The molecule has 0 saturated heterocycles. The van der Waals surface area contributed by atoms with Crippen molar-refractivity contribution < 1.29 is 49.8 Å². The smallest absolute Gasteiger partial charge is 0.348 e. The van der Waals surface area contributed by atoms with Gasteiger partial charge in [-0.1, -0.05) is 36.4 Å². The summed E-state index contributed by atoms with van der Waals surface area (Å²) in [5, 5.41) is 58.4. The molecule has 0 amide bonds. The van der Waals surface area contributed by atoms with E-state index in [9.17, 15) is 49.8 Å². The predicted octanol–water partition coefficient (Wildman–Crippen LogP) is 0.594. The number of aliphatic hydroxyl groups is 2. The number of carboxylic acids is 2. The van der Waals surface area contributed by atoms with Crippen molar-refractivity contribution in [2.45, 2.75) is 11.2 Å². The fourth-order valence-corrected chi connectivity index (χ4v) is 2.63. The zero-order chi connectivity index (χ0) is 24.1. The van der Waals surface area contributed by atoms with Crippen LogP contribution in [-0.2, 0) is 19.2 Å². The summed E-state index contributed by atoms with van der Waals surface area (Å²) >= 11 is 0. The van der Waals surface area contributed by atoms with Crippen molar-refractivity contribution in [2.75, 3.05) is 0 Å². The van der Waals surface area contributed by atoms with Crippen LogP contribution in [0.3, 0.4) is 0 Å². The van der Waals surface area contributed by atoms with Crippen molar-refractivity contribution in [3.05, 3.63) is 71.8 Å². The Morgan fingerprint density at radius 2 is 0.875 bits per heavy atom. The van der Waals surface area contributed by atoms with Gasteiger partial charge in [0, 0.05) is 0 Å². The number of phenols is 2. The maximum Gasteiger partial charge on any atom is 0.348 e. The third-order valence-electron chi connectivity index (χ3n) is 4.50. The normalized spacial score (nSPS) is 15.2. The highest BCUT2D eigenvalue weighted by atomic mass is 16.5. The lowest BCUT2D eigenvalue weighted by Crippen LogP contribution is -2.71. The first kappa shape index (κ1) is 24.0. The van der Waals surface area contributed by atoms with Gasteiger partial charge in [-0.2, -0.15) is 0 Å². The molecule has 0 aliphatic rings. The van der Waals surface area contributed by atoms with Gasteiger partial charge in [0.1, 0.15) is 11.5 Å². The molecule has 0 aliphatic carbocycles. The average Bonchev–Trinajstić information content (AvgIpc) is 2.76. The molecule has 10 nitrogen and oxygen atoms in total. The lowest BCUT2D eigenvalue weighted by atomic mass is 9.76. The summed E-state index contributed by atoms with van der Waals surface area (Å²) in [6.45, 7) is 0.